The molecule has 31 heavy (non-hydrogen) atoms. The van der Waals surface area contributed by atoms with Crippen molar-refractivity contribution >= 4 is 34.2 Å². The molecule has 156 valence electrons. The summed E-state index contributed by atoms with van der Waals surface area (Å²) in [5.41, 5.74) is 3.66. The minimum absolute atomic E-state index is 0.115. The number of hydrogen-bond donors (Lipinski definition) is 3. The predicted octanol–water partition coefficient (Wildman–Crippen LogP) is 4.40. The zero-order valence-electron chi connectivity index (χ0n) is 17.0. The van der Waals surface area contributed by atoms with E-state index in [0.717, 1.165) is 22.6 Å². The molecule has 7 nitrogen and oxygen atoms in total. The van der Waals surface area contributed by atoms with Gasteiger partial charge in [0, 0.05) is 29.8 Å². The van der Waals surface area contributed by atoms with Crippen molar-refractivity contribution in [2.75, 3.05) is 17.7 Å². The monoisotopic (exact) mass is 414 g/mol. The van der Waals surface area contributed by atoms with Gasteiger partial charge in [-0.2, -0.15) is 0 Å². The molecule has 3 N–H and O–H groups in total. The molecule has 0 bridgehead atoms. The van der Waals surface area contributed by atoms with Crippen LogP contribution in [-0.2, 0) is 11.2 Å². The Morgan fingerprint density at radius 3 is 2.29 bits per heavy atom. The lowest BCUT2D eigenvalue weighted by Crippen LogP contribution is -2.14. The van der Waals surface area contributed by atoms with Crippen LogP contribution in [0.2, 0.25) is 0 Å². The van der Waals surface area contributed by atoms with Gasteiger partial charge in [-0.25, -0.2) is 4.98 Å². The zero-order chi connectivity index (χ0) is 21.6. The number of imidazole rings is 1. The average molecular weight is 414 g/mol. The Morgan fingerprint density at radius 1 is 0.903 bits per heavy atom. The molecule has 1 heterocycles. The molecule has 3 aromatic carbocycles. The lowest BCUT2D eigenvalue weighted by atomic mass is 10.2. The number of carbonyl (C=O) groups excluding carboxylic acids is 2. The fourth-order valence-electron chi connectivity index (χ4n) is 3.16. The molecule has 1 aromatic heterocycles. The molecule has 0 radical (unpaired) electrons. The van der Waals surface area contributed by atoms with Crippen LogP contribution in [0.25, 0.3) is 11.0 Å². The number of aromatic amines is 1. The number of ether oxygens (including phenoxy) is 1. The summed E-state index contributed by atoms with van der Waals surface area (Å²) >= 11 is 0. The van der Waals surface area contributed by atoms with Gasteiger partial charge in [0.1, 0.15) is 11.6 Å². The Kier molecular flexibility index (Phi) is 5.93. The van der Waals surface area contributed by atoms with Crippen LogP contribution < -0.4 is 15.4 Å². The van der Waals surface area contributed by atoms with Crippen LogP contribution in [0.1, 0.15) is 22.6 Å². The minimum atomic E-state index is -0.229. The van der Waals surface area contributed by atoms with E-state index in [-0.39, 0.29) is 11.8 Å². The highest BCUT2D eigenvalue weighted by atomic mass is 16.5. The first-order valence-electron chi connectivity index (χ1n) is 9.90. The average Bonchev–Trinajstić information content (AvgIpc) is 3.22. The number of fused-ring (bicyclic) bond motifs is 1. The van der Waals surface area contributed by atoms with Gasteiger partial charge >= 0.3 is 0 Å². The van der Waals surface area contributed by atoms with E-state index < -0.39 is 0 Å². The normalized spacial score (nSPS) is 10.6. The molecule has 0 spiro atoms. The maximum Gasteiger partial charge on any atom is 0.255 e. The second kappa shape index (κ2) is 9.13. The van der Waals surface area contributed by atoms with Gasteiger partial charge in [0.15, 0.2) is 0 Å². The molecule has 0 fully saturated rings. The van der Waals surface area contributed by atoms with Crippen LogP contribution >= 0.6 is 0 Å². The number of nitrogens with one attached hydrogen (secondary N) is 3. The number of aromatic nitrogens is 2. The van der Waals surface area contributed by atoms with E-state index in [1.807, 2.05) is 24.3 Å². The number of amides is 2. The van der Waals surface area contributed by atoms with Gasteiger partial charge in [-0.15, -0.1) is 0 Å². The van der Waals surface area contributed by atoms with Crippen molar-refractivity contribution in [3.8, 4) is 5.75 Å². The second-order valence-corrected chi connectivity index (χ2v) is 7.01. The first-order valence-corrected chi connectivity index (χ1v) is 9.90. The lowest BCUT2D eigenvalue weighted by molar-refractivity contribution is -0.116. The molecule has 7 heteroatoms. The molecule has 4 aromatic rings. The fraction of sp³-hybridized carbons (Fsp3) is 0.125. The molecule has 4 rings (SSSR count). The van der Waals surface area contributed by atoms with E-state index in [2.05, 4.69) is 20.6 Å². The SMILES string of the molecule is COc1ccc(NC(=O)c2ccc(NC(=O)CCc3nc4ccccc4[nH]3)cc2)cc1. The van der Waals surface area contributed by atoms with E-state index in [0.29, 0.717) is 29.8 Å². The van der Waals surface area contributed by atoms with Gasteiger partial charge < -0.3 is 20.4 Å². The summed E-state index contributed by atoms with van der Waals surface area (Å²) in [5, 5.41) is 5.68. The van der Waals surface area contributed by atoms with Gasteiger partial charge in [-0.3, -0.25) is 9.59 Å². The zero-order valence-corrected chi connectivity index (χ0v) is 17.0. The van der Waals surface area contributed by atoms with Crippen molar-refractivity contribution in [2.45, 2.75) is 12.8 Å². The van der Waals surface area contributed by atoms with Crippen LogP contribution in [-0.4, -0.2) is 28.9 Å². The van der Waals surface area contributed by atoms with Crippen molar-refractivity contribution < 1.29 is 14.3 Å². The Hall–Kier alpha value is -4.13. The number of anilines is 2. The van der Waals surface area contributed by atoms with Gasteiger partial charge in [0.2, 0.25) is 5.91 Å². The Balaban J connectivity index is 1.29. The fourth-order valence-corrected chi connectivity index (χ4v) is 3.16. The smallest absolute Gasteiger partial charge is 0.255 e. The maximum absolute atomic E-state index is 12.4. The van der Waals surface area contributed by atoms with Crippen molar-refractivity contribution in [3.05, 3.63) is 84.2 Å². The van der Waals surface area contributed by atoms with Crippen molar-refractivity contribution in [1.29, 1.82) is 0 Å². The number of benzene rings is 3. The summed E-state index contributed by atoms with van der Waals surface area (Å²) in [5.74, 6) is 1.16. The number of rotatable bonds is 7. The van der Waals surface area contributed by atoms with Crippen LogP contribution in [0.3, 0.4) is 0 Å². The van der Waals surface area contributed by atoms with Crippen LogP contribution in [0.4, 0.5) is 11.4 Å². The molecule has 0 unspecified atom stereocenters. The maximum atomic E-state index is 12.4. The Morgan fingerprint density at radius 2 is 1.58 bits per heavy atom. The minimum Gasteiger partial charge on any atom is -0.497 e. The molecular weight excluding hydrogens is 392 g/mol. The highest BCUT2D eigenvalue weighted by Gasteiger charge is 2.09. The molecule has 0 aliphatic carbocycles. The summed E-state index contributed by atoms with van der Waals surface area (Å²) in [7, 11) is 1.59. The Labute approximate surface area is 179 Å². The molecule has 2 amide bonds. The van der Waals surface area contributed by atoms with E-state index in [1.165, 1.54) is 0 Å². The number of hydrogen-bond acceptors (Lipinski definition) is 4. The van der Waals surface area contributed by atoms with Crippen LogP contribution in [0, 0.1) is 0 Å². The molecule has 0 atom stereocenters. The first-order chi connectivity index (χ1) is 15.1. The Bertz CT molecular complexity index is 1160. The third-order valence-electron chi connectivity index (χ3n) is 4.81. The largest absolute Gasteiger partial charge is 0.497 e. The summed E-state index contributed by atoms with van der Waals surface area (Å²) < 4.78 is 5.11. The summed E-state index contributed by atoms with van der Waals surface area (Å²) in [4.78, 5) is 32.4. The molecule has 0 saturated heterocycles. The standard InChI is InChI=1S/C24H22N4O3/c1-31-19-12-10-18(11-13-19)26-24(30)16-6-8-17(9-7-16)25-23(29)15-14-22-27-20-4-2-3-5-21(20)28-22/h2-13H,14-15H2,1H3,(H,25,29)(H,26,30)(H,27,28). The van der Waals surface area contributed by atoms with E-state index in [4.69, 9.17) is 4.74 Å². The number of H-pyrrole nitrogens is 1. The lowest BCUT2D eigenvalue weighted by Gasteiger charge is -2.08. The highest BCUT2D eigenvalue weighted by Crippen LogP contribution is 2.17. The third kappa shape index (κ3) is 5.08. The van der Waals surface area contributed by atoms with Crippen molar-refractivity contribution in [3.63, 3.8) is 0 Å². The third-order valence-corrected chi connectivity index (χ3v) is 4.81. The predicted molar refractivity (Wildman–Crippen MR) is 120 cm³/mol. The molecular formula is C24H22N4O3. The van der Waals surface area contributed by atoms with Gasteiger partial charge in [0.05, 0.1) is 18.1 Å². The highest BCUT2D eigenvalue weighted by molar-refractivity contribution is 6.04. The number of nitrogens with zero attached hydrogens (tertiary/aromatic N) is 1. The number of carbonyl (C=O) groups is 2. The second-order valence-electron chi connectivity index (χ2n) is 7.01. The van der Waals surface area contributed by atoms with Crippen LogP contribution in [0.5, 0.6) is 5.75 Å². The number of para-hydroxylation sites is 2. The number of methoxy groups -OCH3 is 1. The van der Waals surface area contributed by atoms with Crippen molar-refractivity contribution in [1.82, 2.24) is 9.97 Å². The molecule has 0 saturated carbocycles. The van der Waals surface area contributed by atoms with Gasteiger partial charge in [-0.05, 0) is 60.7 Å². The van der Waals surface area contributed by atoms with Gasteiger partial charge in [-0.1, -0.05) is 12.1 Å². The quantitative estimate of drug-likeness (QED) is 0.418. The summed E-state index contributed by atoms with van der Waals surface area (Å²) in [6, 6.07) is 21.6. The van der Waals surface area contributed by atoms with Crippen LogP contribution in [0.15, 0.2) is 72.8 Å². The first kappa shape index (κ1) is 20.2. The topological polar surface area (TPSA) is 96.1 Å². The van der Waals surface area contributed by atoms with E-state index in [9.17, 15) is 9.59 Å². The van der Waals surface area contributed by atoms with E-state index >= 15 is 0 Å². The van der Waals surface area contributed by atoms with Gasteiger partial charge in [0.25, 0.3) is 5.91 Å². The summed E-state index contributed by atoms with van der Waals surface area (Å²) in [6.07, 6.45) is 0.822. The molecule has 0 aliphatic heterocycles. The molecule has 0 aliphatic rings. The van der Waals surface area contributed by atoms with E-state index in [1.54, 1.807) is 55.6 Å². The van der Waals surface area contributed by atoms with Crippen molar-refractivity contribution in [2.24, 2.45) is 0 Å². The number of aryl methyl sites for hydroxylation is 1. The summed E-state index contributed by atoms with van der Waals surface area (Å²) in [6.45, 7) is 0.